The average Bonchev–Trinajstić information content (AvgIpc) is 2.93. The molecule has 0 radical (unpaired) electrons. The van der Waals surface area contributed by atoms with Gasteiger partial charge in [-0.3, -0.25) is 0 Å². The second-order valence-electron chi connectivity index (χ2n) is 5.42. The fourth-order valence-corrected chi connectivity index (χ4v) is 3.65. The van der Waals surface area contributed by atoms with Crippen LogP contribution in [0, 0.1) is 0 Å². The topological polar surface area (TPSA) is 12.0 Å². The van der Waals surface area contributed by atoms with Gasteiger partial charge in [-0.25, -0.2) is 0 Å². The number of aryl methyl sites for hydroxylation is 1. The lowest BCUT2D eigenvalue weighted by Gasteiger charge is -2.18. The normalized spacial score (nSPS) is 12.5. The Kier molecular flexibility index (Phi) is 6.94. The van der Waals surface area contributed by atoms with Gasteiger partial charge in [-0.2, -0.15) is 0 Å². The zero-order valence-corrected chi connectivity index (χ0v) is 15.3. The molecule has 114 valence electrons. The van der Waals surface area contributed by atoms with Gasteiger partial charge in [0, 0.05) is 0 Å². The van der Waals surface area contributed by atoms with Gasteiger partial charge in [0.15, 0.2) is 0 Å². The van der Waals surface area contributed by atoms with Crippen LogP contribution in [0.2, 0.25) is 0 Å². The molecule has 2 rings (SSSR count). The standard InChI is InChI=1S/C18H24BrNS/c1-3-5-6-14-7-9-15(10-8-14)18(20-11-4-2)16-12-17(19)21-13-16/h7-10,12-13,18,20H,3-6,11H2,1-2H3. The van der Waals surface area contributed by atoms with E-state index in [0.717, 1.165) is 13.0 Å². The third-order valence-corrected chi connectivity index (χ3v) is 5.17. The van der Waals surface area contributed by atoms with Crippen LogP contribution >= 0.6 is 27.3 Å². The Morgan fingerprint density at radius 2 is 1.86 bits per heavy atom. The van der Waals surface area contributed by atoms with E-state index in [1.54, 1.807) is 11.3 Å². The summed E-state index contributed by atoms with van der Waals surface area (Å²) in [7, 11) is 0. The van der Waals surface area contributed by atoms with Gasteiger partial charge in [0.2, 0.25) is 0 Å². The molecule has 1 heterocycles. The SMILES string of the molecule is CCCCc1ccc(C(NCCC)c2csc(Br)c2)cc1. The van der Waals surface area contributed by atoms with Crippen LogP contribution in [0.3, 0.4) is 0 Å². The van der Waals surface area contributed by atoms with E-state index in [-0.39, 0.29) is 0 Å². The Morgan fingerprint density at radius 1 is 1.10 bits per heavy atom. The van der Waals surface area contributed by atoms with Crippen LogP contribution in [0.1, 0.15) is 55.8 Å². The Morgan fingerprint density at radius 3 is 2.43 bits per heavy atom. The first-order valence-electron chi connectivity index (χ1n) is 7.80. The van der Waals surface area contributed by atoms with Crippen LogP contribution in [0.15, 0.2) is 39.5 Å². The zero-order valence-electron chi connectivity index (χ0n) is 12.9. The third kappa shape index (κ3) is 4.94. The molecule has 1 aromatic carbocycles. The first-order chi connectivity index (χ1) is 10.2. The summed E-state index contributed by atoms with van der Waals surface area (Å²) in [5.74, 6) is 0. The highest BCUT2D eigenvalue weighted by Gasteiger charge is 2.14. The van der Waals surface area contributed by atoms with Crippen molar-refractivity contribution in [3.05, 3.63) is 56.2 Å². The lowest BCUT2D eigenvalue weighted by molar-refractivity contribution is 0.599. The summed E-state index contributed by atoms with van der Waals surface area (Å²) in [6.07, 6.45) is 4.87. The zero-order chi connectivity index (χ0) is 15.1. The quantitative estimate of drug-likeness (QED) is 0.609. The number of hydrogen-bond donors (Lipinski definition) is 1. The summed E-state index contributed by atoms with van der Waals surface area (Å²) in [5.41, 5.74) is 4.15. The second-order valence-corrected chi connectivity index (χ2v) is 7.71. The molecule has 1 nitrogen and oxygen atoms in total. The summed E-state index contributed by atoms with van der Waals surface area (Å²) >= 11 is 5.32. The minimum Gasteiger partial charge on any atom is -0.306 e. The molecule has 21 heavy (non-hydrogen) atoms. The van der Waals surface area contributed by atoms with Crippen molar-refractivity contribution in [3.63, 3.8) is 0 Å². The number of benzene rings is 1. The first kappa shape index (κ1) is 16.7. The molecule has 0 fully saturated rings. The van der Waals surface area contributed by atoms with Gasteiger partial charge in [-0.1, -0.05) is 44.5 Å². The van der Waals surface area contributed by atoms with Gasteiger partial charge in [0.05, 0.1) is 9.83 Å². The van der Waals surface area contributed by atoms with E-state index in [2.05, 4.69) is 70.8 Å². The molecule has 0 spiro atoms. The number of nitrogens with one attached hydrogen (secondary N) is 1. The van der Waals surface area contributed by atoms with Crippen molar-refractivity contribution >= 4 is 27.3 Å². The molecule has 0 aliphatic rings. The van der Waals surface area contributed by atoms with Crippen molar-refractivity contribution in [3.8, 4) is 0 Å². The Labute approximate surface area is 140 Å². The number of hydrogen-bond acceptors (Lipinski definition) is 2. The van der Waals surface area contributed by atoms with Gasteiger partial charge in [-0.05, 0) is 69.9 Å². The monoisotopic (exact) mass is 365 g/mol. The highest BCUT2D eigenvalue weighted by Crippen LogP contribution is 2.29. The van der Waals surface area contributed by atoms with Crippen molar-refractivity contribution in [2.45, 2.75) is 45.6 Å². The van der Waals surface area contributed by atoms with E-state index < -0.39 is 0 Å². The van der Waals surface area contributed by atoms with E-state index in [1.807, 2.05) is 0 Å². The predicted molar refractivity (Wildman–Crippen MR) is 97.2 cm³/mol. The fourth-order valence-electron chi connectivity index (χ4n) is 2.45. The van der Waals surface area contributed by atoms with Crippen LogP contribution in [-0.2, 0) is 6.42 Å². The Balaban J connectivity index is 2.16. The first-order valence-corrected chi connectivity index (χ1v) is 9.48. The number of unbranched alkanes of at least 4 members (excludes halogenated alkanes) is 1. The second kappa shape index (κ2) is 8.72. The van der Waals surface area contributed by atoms with Gasteiger partial charge in [0.1, 0.15) is 0 Å². The average molecular weight is 366 g/mol. The number of rotatable bonds is 8. The molecule has 3 heteroatoms. The van der Waals surface area contributed by atoms with Gasteiger partial charge < -0.3 is 5.32 Å². The summed E-state index contributed by atoms with van der Waals surface area (Å²) in [5, 5.41) is 5.90. The van der Waals surface area contributed by atoms with Crippen molar-refractivity contribution in [2.24, 2.45) is 0 Å². The summed E-state index contributed by atoms with van der Waals surface area (Å²) < 4.78 is 1.19. The minimum atomic E-state index is 0.299. The molecule has 1 atom stereocenters. The number of halogens is 1. The van der Waals surface area contributed by atoms with Crippen LogP contribution in [0.25, 0.3) is 0 Å². The largest absolute Gasteiger partial charge is 0.306 e. The van der Waals surface area contributed by atoms with Crippen molar-refractivity contribution < 1.29 is 0 Å². The molecular weight excluding hydrogens is 342 g/mol. The summed E-state index contributed by atoms with van der Waals surface area (Å²) in [6.45, 7) is 5.49. The molecule has 0 aliphatic heterocycles. The number of thiophene rings is 1. The van der Waals surface area contributed by atoms with E-state index in [1.165, 1.54) is 39.7 Å². The maximum atomic E-state index is 3.66. The van der Waals surface area contributed by atoms with E-state index in [9.17, 15) is 0 Å². The Hall–Kier alpha value is -0.640. The summed E-state index contributed by atoms with van der Waals surface area (Å²) in [4.78, 5) is 0. The third-order valence-electron chi connectivity index (χ3n) is 3.65. The van der Waals surface area contributed by atoms with Gasteiger partial charge in [0.25, 0.3) is 0 Å². The molecule has 1 unspecified atom stereocenters. The molecule has 2 aromatic rings. The van der Waals surface area contributed by atoms with Crippen molar-refractivity contribution in [1.82, 2.24) is 5.32 Å². The smallest absolute Gasteiger partial charge is 0.0701 e. The predicted octanol–water partition coefficient (Wildman–Crippen LogP) is 5.94. The molecule has 1 N–H and O–H groups in total. The highest BCUT2D eigenvalue weighted by molar-refractivity contribution is 9.11. The van der Waals surface area contributed by atoms with Crippen molar-refractivity contribution in [2.75, 3.05) is 6.54 Å². The lowest BCUT2D eigenvalue weighted by atomic mass is 9.98. The molecular formula is C18H24BrNS. The minimum absolute atomic E-state index is 0.299. The fraction of sp³-hybridized carbons (Fsp3) is 0.444. The molecule has 0 saturated carbocycles. The summed E-state index contributed by atoms with van der Waals surface area (Å²) in [6, 6.07) is 11.7. The van der Waals surface area contributed by atoms with Gasteiger partial charge >= 0.3 is 0 Å². The molecule has 0 amide bonds. The van der Waals surface area contributed by atoms with Crippen LogP contribution in [-0.4, -0.2) is 6.54 Å². The van der Waals surface area contributed by atoms with Crippen LogP contribution in [0.5, 0.6) is 0 Å². The van der Waals surface area contributed by atoms with Crippen LogP contribution < -0.4 is 5.32 Å². The highest BCUT2D eigenvalue weighted by atomic mass is 79.9. The van der Waals surface area contributed by atoms with Gasteiger partial charge in [-0.15, -0.1) is 11.3 Å². The van der Waals surface area contributed by atoms with Crippen LogP contribution in [0.4, 0.5) is 0 Å². The maximum absolute atomic E-state index is 3.66. The van der Waals surface area contributed by atoms with E-state index >= 15 is 0 Å². The lowest BCUT2D eigenvalue weighted by Crippen LogP contribution is -2.22. The Bertz CT molecular complexity index is 532. The molecule has 0 saturated heterocycles. The maximum Gasteiger partial charge on any atom is 0.0701 e. The molecule has 0 aliphatic carbocycles. The molecule has 1 aromatic heterocycles. The van der Waals surface area contributed by atoms with E-state index in [0.29, 0.717) is 6.04 Å². The molecule has 0 bridgehead atoms. The van der Waals surface area contributed by atoms with Crippen molar-refractivity contribution in [1.29, 1.82) is 0 Å². The van der Waals surface area contributed by atoms with E-state index in [4.69, 9.17) is 0 Å².